The molecule has 7 nitrogen and oxygen atoms in total. The number of nitrogens with one attached hydrogen (secondary N) is 2. The lowest BCUT2D eigenvalue weighted by atomic mass is 9.86. The second-order valence-corrected chi connectivity index (χ2v) is 7.85. The zero-order valence-electron chi connectivity index (χ0n) is 17.7. The second kappa shape index (κ2) is 10.6. The molecule has 1 aliphatic heterocycles. The Hall–Kier alpha value is -2.94. The number of carbonyl (C=O) groups is 2. The third-order valence-corrected chi connectivity index (χ3v) is 5.30. The average molecular weight is 463 g/mol. The van der Waals surface area contributed by atoms with Crippen LogP contribution in [-0.2, 0) is 14.3 Å². The van der Waals surface area contributed by atoms with Crippen LogP contribution in [0.2, 0.25) is 5.02 Å². The summed E-state index contributed by atoms with van der Waals surface area (Å²) in [5, 5.41) is 15.5. The number of methoxy groups -OCH3 is 1. The van der Waals surface area contributed by atoms with Gasteiger partial charge in [0.2, 0.25) is 5.91 Å². The summed E-state index contributed by atoms with van der Waals surface area (Å²) in [5.74, 6) is -1.27. The number of amides is 2. The second-order valence-electron chi connectivity index (χ2n) is 7.45. The summed E-state index contributed by atoms with van der Waals surface area (Å²) in [4.78, 5) is 25.0. The van der Waals surface area contributed by atoms with Crippen LogP contribution >= 0.6 is 11.6 Å². The Labute approximate surface area is 190 Å². The summed E-state index contributed by atoms with van der Waals surface area (Å²) in [7, 11) is 1.47. The van der Waals surface area contributed by atoms with Crippen molar-refractivity contribution in [3.63, 3.8) is 0 Å². The molecule has 0 spiro atoms. The van der Waals surface area contributed by atoms with Crippen molar-refractivity contribution < 1.29 is 28.6 Å². The number of aliphatic hydroxyl groups excluding tert-OH is 1. The van der Waals surface area contributed by atoms with E-state index in [0.29, 0.717) is 33.2 Å². The molecule has 0 aromatic heterocycles. The van der Waals surface area contributed by atoms with E-state index in [1.54, 1.807) is 31.2 Å². The Kier molecular flexibility index (Phi) is 7.84. The van der Waals surface area contributed by atoms with Gasteiger partial charge < -0.3 is 25.2 Å². The van der Waals surface area contributed by atoms with Crippen molar-refractivity contribution in [1.29, 1.82) is 0 Å². The van der Waals surface area contributed by atoms with Gasteiger partial charge in [-0.1, -0.05) is 23.7 Å². The molecule has 0 aliphatic carbocycles. The van der Waals surface area contributed by atoms with Crippen LogP contribution in [0.4, 0.5) is 10.1 Å². The summed E-state index contributed by atoms with van der Waals surface area (Å²) in [5.41, 5.74) is 2.16. The first-order valence-electron chi connectivity index (χ1n) is 9.94. The Bertz CT molecular complexity index is 1030. The molecular weight excluding hydrogens is 439 g/mol. The summed E-state index contributed by atoms with van der Waals surface area (Å²) in [6.45, 7) is 1.85. The SMILES string of the molecule is COC[C@H](O)COc1cc(NC(=O)C2=CNC(=O)C[C@H]2c2ccc(F)cc2)c(C)cc1Cl. The number of aryl methyl sites for hydroxylation is 1. The van der Waals surface area contributed by atoms with Gasteiger partial charge in [-0.2, -0.15) is 0 Å². The highest BCUT2D eigenvalue weighted by Crippen LogP contribution is 2.34. The molecule has 9 heteroatoms. The number of hydrogen-bond acceptors (Lipinski definition) is 5. The predicted molar refractivity (Wildman–Crippen MR) is 118 cm³/mol. The first-order valence-corrected chi connectivity index (χ1v) is 10.3. The average Bonchev–Trinajstić information content (AvgIpc) is 2.75. The molecule has 0 saturated carbocycles. The van der Waals surface area contributed by atoms with Crippen LogP contribution in [-0.4, -0.2) is 43.3 Å². The van der Waals surface area contributed by atoms with E-state index in [0.717, 1.165) is 0 Å². The first kappa shape index (κ1) is 23.7. The lowest BCUT2D eigenvalue weighted by Gasteiger charge is -2.24. The molecule has 1 aliphatic rings. The highest BCUT2D eigenvalue weighted by molar-refractivity contribution is 6.32. The molecule has 32 heavy (non-hydrogen) atoms. The largest absolute Gasteiger partial charge is 0.489 e. The number of halogens is 2. The van der Waals surface area contributed by atoms with Crippen LogP contribution in [0, 0.1) is 12.7 Å². The smallest absolute Gasteiger partial charge is 0.253 e. The van der Waals surface area contributed by atoms with E-state index in [9.17, 15) is 19.1 Å². The molecule has 0 saturated heterocycles. The third-order valence-electron chi connectivity index (χ3n) is 5.01. The minimum atomic E-state index is -0.831. The summed E-state index contributed by atoms with van der Waals surface area (Å²) < 4.78 is 23.8. The fourth-order valence-corrected chi connectivity index (χ4v) is 3.62. The number of anilines is 1. The molecule has 2 atom stereocenters. The van der Waals surface area contributed by atoms with Crippen molar-refractivity contribution >= 4 is 29.1 Å². The van der Waals surface area contributed by atoms with Gasteiger partial charge >= 0.3 is 0 Å². The first-order chi connectivity index (χ1) is 15.3. The van der Waals surface area contributed by atoms with Crippen molar-refractivity contribution in [1.82, 2.24) is 5.32 Å². The van der Waals surface area contributed by atoms with Crippen LogP contribution in [0.15, 0.2) is 48.2 Å². The summed E-state index contributed by atoms with van der Waals surface area (Å²) in [6, 6.07) is 8.92. The number of rotatable bonds is 8. The highest BCUT2D eigenvalue weighted by atomic mass is 35.5. The van der Waals surface area contributed by atoms with E-state index in [2.05, 4.69) is 10.6 Å². The van der Waals surface area contributed by atoms with E-state index in [4.69, 9.17) is 21.1 Å². The molecule has 2 aromatic carbocycles. The molecule has 1 heterocycles. The number of aliphatic hydroxyl groups is 1. The molecule has 3 N–H and O–H groups in total. The maximum absolute atomic E-state index is 13.3. The van der Waals surface area contributed by atoms with Crippen molar-refractivity contribution in [2.24, 2.45) is 0 Å². The van der Waals surface area contributed by atoms with Gasteiger partial charge in [-0.3, -0.25) is 9.59 Å². The van der Waals surface area contributed by atoms with Crippen LogP contribution in [0.1, 0.15) is 23.5 Å². The summed E-state index contributed by atoms with van der Waals surface area (Å²) in [6.07, 6.45) is 0.609. The monoisotopic (exact) mass is 462 g/mol. The molecule has 2 aromatic rings. The van der Waals surface area contributed by atoms with E-state index >= 15 is 0 Å². The lowest BCUT2D eigenvalue weighted by molar-refractivity contribution is -0.121. The quantitative estimate of drug-likeness (QED) is 0.559. The maximum Gasteiger partial charge on any atom is 0.253 e. The van der Waals surface area contributed by atoms with E-state index in [1.165, 1.54) is 25.4 Å². The van der Waals surface area contributed by atoms with Crippen LogP contribution in [0.25, 0.3) is 0 Å². The van der Waals surface area contributed by atoms with Gasteiger partial charge in [0.25, 0.3) is 5.91 Å². The molecule has 2 amide bonds. The molecular formula is C23H24ClFN2O5. The van der Waals surface area contributed by atoms with Gasteiger partial charge in [0.05, 0.1) is 11.6 Å². The van der Waals surface area contributed by atoms with E-state index in [1.807, 2.05) is 0 Å². The summed E-state index contributed by atoms with van der Waals surface area (Å²) >= 11 is 6.24. The minimum absolute atomic E-state index is 0.0339. The van der Waals surface area contributed by atoms with Gasteiger partial charge in [-0.25, -0.2) is 4.39 Å². The molecule has 0 fully saturated rings. The standard InChI is InChI=1S/C23H24ClFN2O5/c1-13-7-19(24)21(32-12-16(28)11-31-2)9-20(13)27-23(30)18-10-26-22(29)8-17(18)14-3-5-15(25)6-4-14/h3-7,9-10,16-17,28H,8,11-12H2,1-2H3,(H,26,29)(H,27,30)/t16-,17-/m0/s1. The number of ether oxygens (including phenoxy) is 2. The fourth-order valence-electron chi connectivity index (χ4n) is 3.35. The zero-order chi connectivity index (χ0) is 23.3. The van der Waals surface area contributed by atoms with E-state index in [-0.39, 0.29) is 25.5 Å². The normalized spacial score (nSPS) is 16.7. The van der Waals surface area contributed by atoms with Crippen molar-refractivity contribution in [3.05, 3.63) is 70.1 Å². The van der Waals surface area contributed by atoms with Crippen molar-refractivity contribution in [3.8, 4) is 5.75 Å². The predicted octanol–water partition coefficient (Wildman–Crippen LogP) is 3.30. The van der Waals surface area contributed by atoms with Gasteiger partial charge in [-0.15, -0.1) is 0 Å². The van der Waals surface area contributed by atoms with Crippen molar-refractivity contribution in [2.45, 2.75) is 25.4 Å². The maximum atomic E-state index is 13.3. The Morgan fingerprint density at radius 3 is 2.72 bits per heavy atom. The Balaban J connectivity index is 1.80. The van der Waals surface area contributed by atoms with Crippen LogP contribution < -0.4 is 15.4 Å². The number of hydrogen-bond donors (Lipinski definition) is 3. The topological polar surface area (TPSA) is 96.9 Å². The Morgan fingerprint density at radius 1 is 1.31 bits per heavy atom. The number of benzene rings is 2. The zero-order valence-corrected chi connectivity index (χ0v) is 18.4. The molecule has 170 valence electrons. The van der Waals surface area contributed by atoms with Gasteiger partial charge in [0.15, 0.2) is 0 Å². The van der Waals surface area contributed by atoms with Gasteiger partial charge in [-0.05, 0) is 36.2 Å². The third kappa shape index (κ3) is 5.85. The van der Waals surface area contributed by atoms with Crippen LogP contribution in [0.5, 0.6) is 5.75 Å². The Morgan fingerprint density at radius 2 is 2.03 bits per heavy atom. The van der Waals surface area contributed by atoms with Gasteiger partial charge in [0, 0.05) is 43.0 Å². The lowest BCUT2D eigenvalue weighted by Crippen LogP contribution is -2.32. The van der Waals surface area contributed by atoms with Crippen LogP contribution in [0.3, 0.4) is 0 Å². The van der Waals surface area contributed by atoms with E-state index < -0.39 is 23.7 Å². The highest BCUT2D eigenvalue weighted by Gasteiger charge is 2.29. The molecule has 0 bridgehead atoms. The van der Waals surface area contributed by atoms with Crippen molar-refractivity contribution in [2.75, 3.05) is 25.6 Å². The fraction of sp³-hybridized carbons (Fsp3) is 0.304. The number of carbonyl (C=O) groups excluding carboxylic acids is 2. The molecule has 3 rings (SSSR count). The molecule has 0 unspecified atom stereocenters. The minimum Gasteiger partial charge on any atom is -0.489 e. The van der Waals surface area contributed by atoms with Gasteiger partial charge in [0.1, 0.15) is 24.3 Å². The molecule has 0 radical (unpaired) electrons.